The summed E-state index contributed by atoms with van der Waals surface area (Å²) < 4.78 is 0. The number of anilines is 2. The smallest absolute Gasteiger partial charge is 0.0714 e. The Labute approximate surface area is 292 Å². The minimum Gasteiger partial charge on any atom is -0.355 e. The van der Waals surface area contributed by atoms with Gasteiger partial charge < -0.3 is 5.32 Å². The zero-order valence-corrected chi connectivity index (χ0v) is 27.5. The van der Waals surface area contributed by atoms with Gasteiger partial charge in [-0.25, -0.2) is 0 Å². The largest absolute Gasteiger partial charge is 0.355 e. The maximum atomic E-state index is 3.82. The van der Waals surface area contributed by atoms with E-state index in [-0.39, 0.29) is 0 Å². The fourth-order valence-corrected chi connectivity index (χ4v) is 8.55. The Kier molecular flexibility index (Phi) is 6.47. The second kappa shape index (κ2) is 11.3. The lowest BCUT2D eigenvalue weighted by Crippen LogP contribution is -2.28. The van der Waals surface area contributed by atoms with Gasteiger partial charge in [-0.05, 0) is 107 Å². The Hall–Kier alpha value is -6.44. The Morgan fingerprint density at radius 2 is 0.820 bits per heavy atom. The van der Waals surface area contributed by atoms with Crippen LogP contribution >= 0.6 is 0 Å². The summed E-state index contributed by atoms with van der Waals surface area (Å²) in [4.78, 5) is 0. The SMILES string of the molecule is c1ccc(-c2ccc3c4ccc(Nc5cccc(C6(c7ccccc7)c7ccccc7-c7ccccc76)c5)cc4c4ccccc4c3c2)cc1. The first-order valence-corrected chi connectivity index (χ1v) is 17.4. The molecular weight excluding hydrogens is 603 g/mol. The number of hydrogen-bond acceptors (Lipinski definition) is 1. The van der Waals surface area contributed by atoms with Crippen molar-refractivity contribution in [1.82, 2.24) is 0 Å². The van der Waals surface area contributed by atoms with Gasteiger partial charge in [0.1, 0.15) is 0 Å². The lowest BCUT2D eigenvalue weighted by atomic mass is 9.67. The standard InChI is InChI=1S/C49H33N/c1-3-14-33(15-4-1)34-26-28-41-42-29-27-38(32-46(42)40-21-8-7-20-39(40)45(41)30-34)50-37-19-13-18-36(31-37)49(35-16-5-2-6-17-35)47-24-11-9-22-43(47)44-23-10-12-25-48(44)49/h1-32,50H. The summed E-state index contributed by atoms with van der Waals surface area (Å²) in [7, 11) is 0. The van der Waals surface area contributed by atoms with Gasteiger partial charge >= 0.3 is 0 Å². The molecule has 9 aromatic rings. The van der Waals surface area contributed by atoms with E-state index < -0.39 is 5.41 Å². The van der Waals surface area contributed by atoms with Gasteiger partial charge in [0.15, 0.2) is 0 Å². The third-order valence-electron chi connectivity index (χ3n) is 10.7. The average molecular weight is 636 g/mol. The van der Waals surface area contributed by atoms with Gasteiger partial charge in [0.25, 0.3) is 0 Å². The van der Waals surface area contributed by atoms with Crippen LogP contribution in [0.25, 0.3) is 54.6 Å². The van der Waals surface area contributed by atoms with E-state index in [4.69, 9.17) is 0 Å². The van der Waals surface area contributed by atoms with Crippen molar-refractivity contribution in [2.45, 2.75) is 5.41 Å². The van der Waals surface area contributed by atoms with E-state index in [1.54, 1.807) is 0 Å². The molecule has 0 unspecified atom stereocenters. The molecule has 1 nitrogen and oxygen atoms in total. The topological polar surface area (TPSA) is 12.0 Å². The van der Waals surface area contributed by atoms with Crippen LogP contribution in [-0.2, 0) is 5.41 Å². The summed E-state index contributed by atoms with van der Waals surface area (Å²) in [5.74, 6) is 0. The van der Waals surface area contributed by atoms with Crippen molar-refractivity contribution in [2.75, 3.05) is 5.32 Å². The van der Waals surface area contributed by atoms with E-state index in [0.717, 1.165) is 11.4 Å². The molecule has 50 heavy (non-hydrogen) atoms. The highest BCUT2D eigenvalue weighted by Crippen LogP contribution is 2.56. The van der Waals surface area contributed by atoms with Crippen molar-refractivity contribution in [1.29, 1.82) is 0 Å². The lowest BCUT2D eigenvalue weighted by Gasteiger charge is -2.34. The molecule has 0 radical (unpaired) electrons. The van der Waals surface area contributed by atoms with Crippen molar-refractivity contribution >= 4 is 43.7 Å². The molecule has 1 aliphatic carbocycles. The molecule has 0 bridgehead atoms. The van der Waals surface area contributed by atoms with Gasteiger partial charge in [-0.1, -0.05) is 164 Å². The maximum absolute atomic E-state index is 3.82. The molecule has 0 aliphatic heterocycles. The van der Waals surface area contributed by atoms with E-state index in [9.17, 15) is 0 Å². The van der Waals surface area contributed by atoms with Gasteiger partial charge in [0, 0.05) is 11.4 Å². The molecule has 234 valence electrons. The molecule has 0 fully saturated rings. The van der Waals surface area contributed by atoms with Crippen molar-refractivity contribution in [2.24, 2.45) is 0 Å². The van der Waals surface area contributed by atoms with Crippen molar-refractivity contribution in [3.8, 4) is 22.3 Å². The molecule has 9 aromatic carbocycles. The number of nitrogens with one attached hydrogen (secondary N) is 1. The Morgan fingerprint density at radius 1 is 0.300 bits per heavy atom. The molecule has 0 saturated carbocycles. The minimum atomic E-state index is -0.427. The molecular formula is C49H33N. The highest BCUT2D eigenvalue weighted by Gasteiger charge is 2.45. The Balaban J connectivity index is 1.11. The Morgan fingerprint density at radius 3 is 1.52 bits per heavy atom. The van der Waals surface area contributed by atoms with Crippen LogP contribution in [-0.4, -0.2) is 0 Å². The normalized spacial score (nSPS) is 13.0. The number of hydrogen-bond donors (Lipinski definition) is 1. The summed E-state index contributed by atoms with van der Waals surface area (Å²) in [6, 6.07) is 71.0. The van der Waals surface area contributed by atoms with Gasteiger partial charge in [-0.2, -0.15) is 0 Å². The second-order valence-electron chi connectivity index (χ2n) is 13.3. The molecule has 1 N–H and O–H groups in total. The fourth-order valence-electron chi connectivity index (χ4n) is 8.55. The fraction of sp³-hybridized carbons (Fsp3) is 0.0204. The molecule has 0 saturated heterocycles. The summed E-state index contributed by atoms with van der Waals surface area (Å²) in [5.41, 5.74) is 11.9. The van der Waals surface area contributed by atoms with Crippen LogP contribution in [0.2, 0.25) is 0 Å². The van der Waals surface area contributed by atoms with Crippen LogP contribution in [0.1, 0.15) is 22.3 Å². The van der Waals surface area contributed by atoms with Crippen LogP contribution in [0.15, 0.2) is 194 Å². The predicted octanol–water partition coefficient (Wildman–Crippen LogP) is 12.9. The van der Waals surface area contributed by atoms with Crippen LogP contribution in [0, 0.1) is 0 Å². The molecule has 1 aliphatic rings. The van der Waals surface area contributed by atoms with E-state index in [0.29, 0.717) is 0 Å². The first-order valence-electron chi connectivity index (χ1n) is 17.4. The van der Waals surface area contributed by atoms with Crippen LogP contribution in [0.4, 0.5) is 11.4 Å². The molecule has 10 rings (SSSR count). The summed E-state index contributed by atoms with van der Waals surface area (Å²) in [6.45, 7) is 0. The van der Waals surface area contributed by atoms with Gasteiger partial charge in [-0.3, -0.25) is 0 Å². The quantitative estimate of drug-likeness (QED) is 0.186. The molecule has 0 atom stereocenters. The van der Waals surface area contributed by atoms with Crippen molar-refractivity contribution < 1.29 is 0 Å². The zero-order valence-electron chi connectivity index (χ0n) is 27.5. The molecule has 0 amide bonds. The monoisotopic (exact) mass is 635 g/mol. The molecule has 0 spiro atoms. The summed E-state index contributed by atoms with van der Waals surface area (Å²) >= 11 is 0. The third kappa shape index (κ3) is 4.27. The van der Waals surface area contributed by atoms with Crippen molar-refractivity contribution in [3.05, 3.63) is 216 Å². The van der Waals surface area contributed by atoms with E-state index in [1.165, 1.54) is 76.8 Å². The first-order chi connectivity index (χ1) is 24.8. The number of fused-ring (bicyclic) bond motifs is 9. The molecule has 0 aromatic heterocycles. The minimum absolute atomic E-state index is 0.427. The lowest BCUT2D eigenvalue weighted by molar-refractivity contribution is 0.769. The van der Waals surface area contributed by atoms with Crippen LogP contribution < -0.4 is 5.32 Å². The third-order valence-corrected chi connectivity index (χ3v) is 10.7. The molecule has 1 heteroatoms. The van der Waals surface area contributed by atoms with Crippen LogP contribution in [0.5, 0.6) is 0 Å². The second-order valence-corrected chi connectivity index (χ2v) is 13.3. The summed E-state index contributed by atoms with van der Waals surface area (Å²) in [5, 5.41) is 11.4. The maximum Gasteiger partial charge on any atom is 0.0714 e. The van der Waals surface area contributed by atoms with E-state index in [2.05, 4.69) is 199 Å². The van der Waals surface area contributed by atoms with E-state index in [1.807, 2.05) is 0 Å². The highest BCUT2D eigenvalue weighted by molar-refractivity contribution is 6.26. The number of benzene rings is 9. The predicted molar refractivity (Wildman–Crippen MR) is 211 cm³/mol. The first kappa shape index (κ1) is 28.6. The average Bonchev–Trinajstić information content (AvgIpc) is 3.50. The Bertz CT molecular complexity index is 2660. The van der Waals surface area contributed by atoms with Gasteiger partial charge in [-0.15, -0.1) is 0 Å². The van der Waals surface area contributed by atoms with Crippen molar-refractivity contribution in [3.63, 3.8) is 0 Å². The van der Waals surface area contributed by atoms with E-state index >= 15 is 0 Å². The zero-order chi connectivity index (χ0) is 33.1. The van der Waals surface area contributed by atoms with Gasteiger partial charge in [0.2, 0.25) is 0 Å². The molecule has 0 heterocycles. The highest BCUT2D eigenvalue weighted by atomic mass is 14.9. The van der Waals surface area contributed by atoms with Crippen LogP contribution in [0.3, 0.4) is 0 Å². The van der Waals surface area contributed by atoms with Gasteiger partial charge in [0.05, 0.1) is 5.41 Å². The summed E-state index contributed by atoms with van der Waals surface area (Å²) in [6.07, 6.45) is 0. The number of rotatable bonds is 5.